The molecule has 1 fully saturated rings. The molecule has 19 heavy (non-hydrogen) atoms. The molecular weight excluding hydrogens is 238 g/mol. The van der Waals surface area contributed by atoms with Crippen LogP contribution in [0.4, 0.5) is 0 Å². The first kappa shape index (κ1) is 13.7. The summed E-state index contributed by atoms with van der Waals surface area (Å²) >= 11 is 0. The summed E-state index contributed by atoms with van der Waals surface area (Å²) in [6.45, 7) is 0. The fourth-order valence-corrected chi connectivity index (χ4v) is 1.77. The van der Waals surface area contributed by atoms with E-state index < -0.39 is 0 Å². The number of aryl methyl sites for hydroxylation is 1. The van der Waals surface area contributed by atoms with Crippen LogP contribution in [0.2, 0.25) is 0 Å². The molecule has 0 unspecified atom stereocenters. The van der Waals surface area contributed by atoms with E-state index in [1.165, 1.54) is 12.8 Å². The normalized spacial score (nSPS) is 14.8. The van der Waals surface area contributed by atoms with E-state index in [1.54, 1.807) is 19.0 Å². The van der Waals surface area contributed by atoms with Crippen LogP contribution in [0, 0.1) is 0 Å². The van der Waals surface area contributed by atoms with E-state index in [1.807, 2.05) is 18.5 Å². The lowest BCUT2D eigenvalue weighted by Crippen LogP contribution is -2.21. The number of rotatable bonds is 6. The van der Waals surface area contributed by atoms with Crippen LogP contribution in [0.3, 0.4) is 0 Å². The van der Waals surface area contributed by atoms with Gasteiger partial charge < -0.3 is 4.90 Å². The summed E-state index contributed by atoms with van der Waals surface area (Å²) in [7, 11) is 3.57. The van der Waals surface area contributed by atoms with Crippen molar-refractivity contribution in [2.75, 3.05) is 14.1 Å². The van der Waals surface area contributed by atoms with Crippen molar-refractivity contribution in [1.29, 1.82) is 0 Å². The average Bonchev–Trinajstić information content (AvgIpc) is 3.20. The zero-order valence-electron chi connectivity index (χ0n) is 11.7. The molecule has 1 saturated carbocycles. The van der Waals surface area contributed by atoms with Gasteiger partial charge >= 0.3 is 0 Å². The van der Waals surface area contributed by atoms with Crippen molar-refractivity contribution in [3.05, 3.63) is 29.6 Å². The zero-order chi connectivity index (χ0) is 13.7. The Kier molecular flexibility index (Phi) is 4.66. The van der Waals surface area contributed by atoms with Crippen molar-refractivity contribution in [2.24, 2.45) is 4.99 Å². The molecule has 4 heteroatoms. The van der Waals surface area contributed by atoms with Gasteiger partial charge in [0, 0.05) is 38.6 Å². The van der Waals surface area contributed by atoms with Crippen LogP contribution in [-0.2, 0) is 11.2 Å². The quantitative estimate of drug-likeness (QED) is 0.734. The molecule has 4 nitrogen and oxygen atoms in total. The number of hydrogen-bond acceptors (Lipinski definition) is 3. The molecule has 1 aliphatic rings. The first-order chi connectivity index (χ1) is 9.15. The van der Waals surface area contributed by atoms with Crippen molar-refractivity contribution in [3.63, 3.8) is 0 Å². The van der Waals surface area contributed by atoms with Crippen LogP contribution in [0.5, 0.6) is 0 Å². The van der Waals surface area contributed by atoms with E-state index in [0.29, 0.717) is 12.5 Å². The molecule has 0 spiro atoms. The van der Waals surface area contributed by atoms with Crippen LogP contribution >= 0.6 is 0 Å². The van der Waals surface area contributed by atoms with Gasteiger partial charge in [0.15, 0.2) is 0 Å². The second kappa shape index (κ2) is 6.45. The molecule has 1 heterocycles. The highest BCUT2D eigenvalue weighted by Gasteiger charge is 2.18. The van der Waals surface area contributed by atoms with Crippen molar-refractivity contribution in [3.8, 4) is 0 Å². The average molecular weight is 259 g/mol. The molecular formula is C15H21N3O. The first-order valence-corrected chi connectivity index (χ1v) is 6.83. The molecule has 0 saturated heterocycles. The largest absolute Gasteiger partial charge is 0.349 e. The van der Waals surface area contributed by atoms with Crippen molar-refractivity contribution < 1.29 is 4.79 Å². The topological polar surface area (TPSA) is 45.6 Å². The molecule has 0 aromatic carbocycles. The van der Waals surface area contributed by atoms with Gasteiger partial charge in [0.2, 0.25) is 5.91 Å². The van der Waals surface area contributed by atoms with Crippen LogP contribution in [0.1, 0.15) is 36.9 Å². The second-order valence-corrected chi connectivity index (χ2v) is 5.23. The number of hydrogen-bond donors (Lipinski definition) is 0. The third kappa shape index (κ3) is 4.81. The maximum absolute atomic E-state index is 11.5. The smallest absolute Gasteiger partial charge is 0.222 e. The van der Waals surface area contributed by atoms with Crippen LogP contribution < -0.4 is 0 Å². The minimum Gasteiger partial charge on any atom is -0.349 e. The van der Waals surface area contributed by atoms with Gasteiger partial charge in [-0.3, -0.25) is 14.8 Å². The molecule has 1 aliphatic carbocycles. The fourth-order valence-electron chi connectivity index (χ4n) is 1.77. The monoisotopic (exact) mass is 259 g/mol. The van der Waals surface area contributed by atoms with Gasteiger partial charge in [0.05, 0.1) is 6.04 Å². The third-order valence-corrected chi connectivity index (χ3v) is 3.14. The number of aromatic nitrogens is 1. The minimum absolute atomic E-state index is 0.173. The molecule has 0 aliphatic heterocycles. The Morgan fingerprint density at radius 3 is 3.00 bits per heavy atom. The Bertz CT molecular complexity index is 464. The number of pyridine rings is 1. The Labute approximate surface area is 114 Å². The predicted molar refractivity (Wildman–Crippen MR) is 76.5 cm³/mol. The number of carbonyl (C=O) groups is 1. The van der Waals surface area contributed by atoms with Crippen LogP contribution in [-0.4, -0.2) is 42.1 Å². The Hall–Kier alpha value is -1.71. The van der Waals surface area contributed by atoms with Gasteiger partial charge in [-0.1, -0.05) is 0 Å². The molecule has 0 N–H and O–H groups in total. The Balaban J connectivity index is 1.82. The highest BCUT2D eigenvalue weighted by molar-refractivity contribution is 5.79. The maximum Gasteiger partial charge on any atom is 0.222 e. The molecule has 0 radical (unpaired) electrons. The van der Waals surface area contributed by atoms with E-state index in [4.69, 9.17) is 0 Å². The summed E-state index contributed by atoms with van der Waals surface area (Å²) in [4.78, 5) is 21.9. The van der Waals surface area contributed by atoms with E-state index in [-0.39, 0.29) is 5.91 Å². The van der Waals surface area contributed by atoms with E-state index in [2.05, 4.69) is 16.0 Å². The summed E-state index contributed by atoms with van der Waals surface area (Å²) in [6, 6.07) is 4.58. The zero-order valence-corrected chi connectivity index (χ0v) is 11.7. The van der Waals surface area contributed by atoms with E-state index in [9.17, 15) is 4.79 Å². The standard InChI is InChI=1S/C15H21N3O/c1-18(2)15(19)5-3-4-14-10-12(8-9-16-14)11-17-13-6-7-13/h8-11,13H,3-7H2,1-2H3. The van der Waals surface area contributed by atoms with Crippen molar-refractivity contribution in [1.82, 2.24) is 9.88 Å². The van der Waals surface area contributed by atoms with Crippen LogP contribution in [0.15, 0.2) is 23.3 Å². The van der Waals surface area contributed by atoms with Gasteiger partial charge in [-0.25, -0.2) is 0 Å². The molecule has 1 aromatic rings. The number of amides is 1. The lowest BCUT2D eigenvalue weighted by atomic mass is 10.1. The van der Waals surface area contributed by atoms with Crippen molar-refractivity contribution in [2.45, 2.75) is 38.1 Å². The minimum atomic E-state index is 0.173. The molecule has 102 valence electrons. The maximum atomic E-state index is 11.5. The highest BCUT2D eigenvalue weighted by atomic mass is 16.2. The van der Waals surface area contributed by atoms with Gasteiger partial charge in [0.1, 0.15) is 0 Å². The van der Waals surface area contributed by atoms with Gasteiger partial charge in [-0.05, 0) is 43.4 Å². The number of carbonyl (C=O) groups excluding carboxylic acids is 1. The fraction of sp³-hybridized carbons (Fsp3) is 0.533. The van der Waals surface area contributed by atoms with Gasteiger partial charge in [-0.15, -0.1) is 0 Å². The lowest BCUT2D eigenvalue weighted by Gasteiger charge is -2.09. The third-order valence-electron chi connectivity index (χ3n) is 3.14. The van der Waals surface area contributed by atoms with Gasteiger partial charge in [-0.2, -0.15) is 0 Å². The summed E-state index contributed by atoms with van der Waals surface area (Å²) in [5, 5.41) is 0. The lowest BCUT2D eigenvalue weighted by molar-refractivity contribution is -0.128. The SMILES string of the molecule is CN(C)C(=O)CCCc1cc(C=NC2CC2)ccn1. The molecule has 1 amide bonds. The Morgan fingerprint density at radius 2 is 2.32 bits per heavy atom. The molecule has 0 atom stereocenters. The number of nitrogens with zero attached hydrogens (tertiary/aromatic N) is 3. The predicted octanol–water partition coefficient (Wildman–Crippen LogP) is 2.07. The molecule has 2 rings (SSSR count). The van der Waals surface area contributed by atoms with Crippen molar-refractivity contribution >= 4 is 12.1 Å². The van der Waals surface area contributed by atoms with Gasteiger partial charge in [0.25, 0.3) is 0 Å². The summed E-state index contributed by atoms with van der Waals surface area (Å²) in [5.74, 6) is 0.173. The highest BCUT2D eigenvalue weighted by Crippen LogP contribution is 2.23. The van der Waals surface area contributed by atoms with Crippen LogP contribution in [0.25, 0.3) is 0 Å². The molecule has 0 bridgehead atoms. The van der Waals surface area contributed by atoms with E-state index in [0.717, 1.165) is 24.1 Å². The van der Waals surface area contributed by atoms with E-state index >= 15 is 0 Å². The summed E-state index contributed by atoms with van der Waals surface area (Å²) < 4.78 is 0. The molecule has 1 aromatic heterocycles. The summed E-state index contributed by atoms with van der Waals surface area (Å²) in [5.41, 5.74) is 2.14. The first-order valence-electron chi connectivity index (χ1n) is 6.83. The number of aliphatic imine (C=N–C) groups is 1. The summed E-state index contributed by atoms with van der Waals surface area (Å²) in [6.07, 6.45) is 8.46. The Morgan fingerprint density at radius 1 is 1.53 bits per heavy atom. The second-order valence-electron chi connectivity index (χ2n) is 5.23.